The topological polar surface area (TPSA) is 12.0 Å². The predicted molar refractivity (Wildman–Crippen MR) is 94.4 cm³/mol. The average molecular weight is 301 g/mol. The van der Waals surface area contributed by atoms with Gasteiger partial charge in [0.25, 0.3) is 0 Å². The lowest BCUT2D eigenvalue weighted by Crippen LogP contribution is -2.22. The van der Waals surface area contributed by atoms with Crippen molar-refractivity contribution in [3.63, 3.8) is 0 Å². The van der Waals surface area contributed by atoms with Crippen LogP contribution in [0.25, 0.3) is 0 Å². The summed E-state index contributed by atoms with van der Waals surface area (Å²) in [6.07, 6.45) is 2.30. The van der Waals surface area contributed by atoms with Gasteiger partial charge in [0.1, 0.15) is 0 Å². The Balaban J connectivity index is 2.30. The summed E-state index contributed by atoms with van der Waals surface area (Å²) in [5, 5.41) is 5.86. The summed E-state index contributed by atoms with van der Waals surface area (Å²) in [7, 11) is 0. The van der Waals surface area contributed by atoms with E-state index in [1.165, 1.54) is 28.0 Å². The summed E-state index contributed by atoms with van der Waals surface area (Å²) in [5.41, 5.74) is 4.29. The lowest BCUT2D eigenvalue weighted by atomic mass is 9.95. The van der Waals surface area contributed by atoms with E-state index in [1.54, 1.807) is 0 Å². The molecule has 0 spiro atoms. The molecule has 1 N–H and O–H groups in total. The van der Waals surface area contributed by atoms with Crippen molar-refractivity contribution in [1.82, 2.24) is 5.32 Å². The van der Waals surface area contributed by atoms with Crippen LogP contribution in [-0.2, 0) is 6.42 Å². The van der Waals surface area contributed by atoms with Gasteiger partial charge in [0.2, 0.25) is 0 Å². The minimum Gasteiger partial charge on any atom is -0.306 e. The molecule has 2 rings (SSSR count). The Kier molecular flexibility index (Phi) is 6.01. The molecule has 1 heterocycles. The van der Waals surface area contributed by atoms with Crippen molar-refractivity contribution >= 4 is 11.3 Å². The van der Waals surface area contributed by atoms with Crippen LogP contribution in [0, 0.1) is 0 Å². The van der Waals surface area contributed by atoms with E-state index >= 15 is 0 Å². The number of nitrogens with one attached hydrogen (secondary N) is 1. The fraction of sp³-hybridized carbons (Fsp3) is 0.474. The minimum atomic E-state index is 0.330. The number of aryl methyl sites for hydroxylation is 1. The second kappa shape index (κ2) is 7.77. The van der Waals surface area contributed by atoms with Crippen molar-refractivity contribution in [3.8, 4) is 0 Å². The summed E-state index contributed by atoms with van der Waals surface area (Å²) in [6, 6.07) is 11.8. The summed E-state index contributed by atoms with van der Waals surface area (Å²) in [5.74, 6) is 0.643. The molecule has 114 valence electrons. The van der Waals surface area contributed by atoms with Gasteiger partial charge in [-0.2, -0.15) is 0 Å². The smallest absolute Gasteiger partial charge is 0.0673 e. The monoisotopic (exact) mass is 301 g/mol. The first-order valence-corrected chi connectivity index (χ1v) is 8.98. The zero-order chi connectivity index (χ0) is 15.2. The Hall–Kier alpha value is -1.12. The average Bonchev–Trinajstić information content (AvgIpc) is 3.00. The molecular formula is C19H27NS. The molecule has 1 nitrogen and oxygen atoms in total. The number of hydrogen-bond acceptors (Lipinski definition) is 2. The van der Waals surface area contributed by atoms with E-state index in [2.05, 4.69) is 68.7 Å². The molecule has 0 aliphatic rings. The molecule has 2 aromatic rings. The molecule has 2 atom stereocenters. The standard InChI is InChI=1S/C19H27NS/c1-5-14(4)16-8-10-17(11-9-16)18(20-7-3)19-15(6-2)12-13-21-19/h8-14,18,20H,5-7H2,1-4H3. The van der Waals surface area contributed by atoms with Crippen LogP contribution in [0.5, 0.6) is 0 Å². The van der Waals surface area contributed by atoms with Gasteiger partial charge in [-0.3, -0.25) is 0 Å². The van der Waals surface area contributed by atoms with Gasteiger partial charge in [-0.25, -0.2) is 0 Å². The maximum Gasteiger partial charge on any atom is 0.0673 e. The molecule has 0 saturated carbocycles. The van der Waals surface area contributed by atoms with Gasteiger partial charge in [0.05, 0.1) is 6.04 Å². The zero-order valence-electron chi connectivity index (χ0n) is 13.6. The van der Waals surface area contributed by atoms with Gasteiger partial charge in [0.15, 0.2) is 0 Å². The largest absolute Gasteiger partial charge is 0.306 e. The van der Waals surface area contributed by atoms with Crippen LogP contribution < -0.4 is 5.32 Å². The van der Waals surface area contributed by atoms with E-state index in [0.29, 0.717) is 12.0 Å². The first kappa shape index (κ1) is 16.3. The highest BCUT2D eigenvalue weighted by Gasteiger charge is 2.17. The molecule has 1 aromatic heterocycles. The van der Waals surface area contributed by atoms with Gasteiger partial charge in [-0.05, 0) is 53.4 Å². The number of rotatable bonds is 7. The van der Waals surface area contributed by atoms with Crippen molar-refractivity contribution in [2.24, 2.45) is 0 Å². The van der Waals surface area contributed by atoms with Crippen LogP contribution in [0.4, 0.5) is 0 Å². The second-order valence-corrected chi connectivity index (χ2v) is 6.58. The molecule has 0 bridgehead atoms. The lowest BCUT2D eigenvalue weighted by molar-refractivity contribution is 0.634. The van der Waals surface area contributed by atoms with Crippen molar-refractivity contribution in [1.29, 1.82) is 0 Å². The quantitative estimate of drug-likeness (QED) is 0.709. The number of hydrogen-bond donors (Lipinski definition) is 1. The second-order valence-electron chi connectivity index (χ2n) is 5.63. The third kappa shape index (κ3) is 3.75. The highest BCUT2D eigenvalue weighted by Crippen LogP contribution is 2.31. The Bertz CT molecular complexity index is 541. The SMILES string of the molecule is CCNC(c1ccc(C(C)CC)cc1)c1sccc1CC. The Morgan fingerprint density at radius 1 is 1.00 bits per heavy atom. The molecule has 21 heavy (non-hydrogen) atoms. The lowest BCUT2D eigenvalue weighted by Gasteiger charge is -2.20. The highest BCUT2D eigenvalue weighted by molar-refractivity contribution is 7.10. The minimum absolute atomic E-state index is 0.330. The first-order chi connectivity index (χ1) is 10.2. The maximum atomic E-state index is 3.65. The van der Waals surface area contributed by atoms with Crippen LogP contribution >= 0.6 is 11.3 Å². The normalized spacial score (nSPS) is 14.1. The number of benzene rings is 1. The van der Waals surface area contributed by atoms with Crippen LogP contribution in [0.2, 0.25) is 0 Å². The molecule has 2 heteroatoms. The van der Waals surface area contributed by atoms with Crippen LogP contribution in [0.3, 0.4) is 0 Å². The summed E-state index contributed by atoms with van der Waals surface area (Å²) in [6.45, 7) is 9.95. The zero-order valence-corrected chi connectivity index (χ0v) is 14.5. The third-order valence-corrected chi connectivity index (χ3v) is 5.31. The maximum absolute atomic E-state index is 3.65. The molecule has 0 amide bonds. The molecule has 2 unspecified atom stereocenters. The fourth-order valence-electron chi connectivity index (χ4n) is 2.71. The fourth-order valence-corrected chi connectivity index (χ4v) is 3.81. The Morgan fingerprint density at radius 3 is 2.24 bits per heavy atom. The third-order valence-electron chi connectivity index (χ3n) is 4.28. The van der Waals surface area contributed by atoms with Gasteiger partial charge in [-0.1, -0.05) is 52.0 Å². The Labute approximate surface area is 133 Å². The summed E-state index contributed by atoms with van der Waals surface area (Å²) < 4.78 is 0. The van der Waals surface area contributed by atoms with Crippen molar-refractivity contribution in [3.05, 3.63) is 57.3 Å². The van der Waals surface area contributed by atoms with Gasteiger partial charge < -0.3 is 5.32 Å². The van der Waals surface area contributed by atoms with E-state index in [1.807, 2.05) is 11.3 Å². The Morgan fingerprint density at radius 2 is 1.67 bits per heavy atom. The summed E-state index contributed by atoms with van der Waals surface area (Å²) >= 11 is 1.87. The first-order valence-electron chi connectivity index (χ1n) is 8.10. The number of thiophene rings is 1. The van der Waals surface area contributed by atoms with Crippen molar-refractivity contribution in [2.75, 3.05) is 6.54 Å². The van der Waals surface area contributed by atoms with E-state index in [9.17, 15) is 0 Å². The van der Waals surface area contributed by atoms with E-state index in [-0.39, 0.29) is 0 Å². The highest BCUT2D eigenvalue weighted by atomic mass is 32.1. The van der Waals surface area contributed by atoms with Crippen LogP contribution in [0.1, 0.15) is 67.6 Å². The van der Waals surface area contributed by atoms with Gasteiger partial charge in [-0.15, -0.1) is 11.3 Å². The van der Waals surface area contributed by atoms with E-state index < -0.39 is 0 Å². The van der Waals surface area contributed by atoms with Gasteiger partial charge >= 0.3 is 0 Å². The molecule has 0 aliphatic carbocycles. The molecule has 0 aliphatic heterocycles. The van der Waals surface area contributed by atoms with Crippen molar-refractivity contribution < 1.29 is 0 Å². The molecule has 0 radical (unpaired) electrons. The molecule has 0 fully saturated rings. The summed E-state index contributed by atoms with van der Waals surface area (Å²) in [4.78, 5) is 1.47. The van der Waals surface area contributed by atoms with Gasteiger partial charge in [0, 0.05) is 4.88 Å². The molecule has 1 aromatic carbocycles. The van der Waals surface area contributed by atoms with Crippen LogP contribution in [0.15, 0.2) is 35.7 Å². The van der Waals surface area contributed by atoms with Crippen LogP contribution in [-0.4, -0.2) is 6.54 Å². The predicted octanol–water partition coefficient (Wildman–Crippen LogP) is 5.52. The molecular weight excluding hydrogens is 274 g/mol. The molecule has 0 saturated heterocycles. The van der Waals surface area contributed by atoms with E-state index in [4.69, 9.17) is 0 Å². The van der Waals surface area contributed by atoms with Crippen molar-refractivity contribution in [2.45, 2.75) is 52.5 Å². The van der Waals surface area contributed by atoms with E-state index in [0.717, 1.165) is 13.0 Å².